The Kier molecular flexibility index (Phi) is 8.49. The van der Waals surface area contributed by atoms with Crippen molar-refractivity contribution in [3.05, 3.63) is 28.2 Å². The third-order valence-corrected chi connectivity index (χ3v) is 4.57. The lowest BCUT2D eigenvalue weighted by Gasteiger charge is -2.18. The number of hydrogen-bond acceptors (Lipinski definition) is 4. The maximum absolute atomic E-state index is 11.7. The summed E-state index contributed by atoms with van der Waals surface area (Å²) in [6, 6.07) is 5.14. The Hall–Kier alpha value is -0.420. The number of rotatable bonds is 8. The molecular formula is C15H21Cl2NO2S. The van der Waals surface area contributed by atoms with Crippen molar-refractivity contribution >= 4 is 40.9 Å². The second kappa shape index (κ2) is 9.57. The van der Waals surface area contributed by atoms with E-state index in [0.29, 0.717) is 22.5 Å². The van der Waals surface area contributed by atoms with Gasteiger partial charge in [-0.3, -0.25) is 4.79 Å². The Labute approximate surface area is 140 Å². The van der Waals surface area contributed by atoms with E-state index >= 15 is 0 Å². The van der Waals surface area contributed by atoms with Crippen LogP contribution in [0.1, 0.15) is 20.3 Å². The van der Waals surface area contributed by atoms with Crippen LogP contribution in [0.25, 0.3) is 0 Å². The summed E-state index contributed by atoms with van der Waals surface area (Å²) in [6.45, 7) is 4.86. The van der Waals surface area contributed by atoms with E-state index in [4.69, 9.17) is 27.9 Å². The highest BCUT2D eigenvalue weighted by molar-refractivity contribution is 7.99. The van der Waals surface area contributed by atoms with Crippen LogP contribution < -0.4 is 5.32 Å². The minimum absolute atomic E-state index is 0.213. The van der Waals surface area contributed by atoms with Crippen LogP contribution >= 0.6 is 35.0 Å². The van der Waals surface area contributed by atoms with E-state index in [1.807, 2.05) is 6.07 Å². The van der Waals surface area contributed by atoms with Gasteiger partial charge in [-0.1, -0.05) is 37.0 Å². The van der Waals surface area contributed by atoms with Crippen LogP contribution in [-0.4, -0.2) is 31.4 Å². The molecule has 0 aliphatic rings. The highest BCUT2D eigenvalue weighted by Gasteiger charge is 2.19. The van der Waals surface area contributed by atoms with E-state index in [1.54, 1.807) is 23.9 Å². The van der Waals surface area contributed by atoms with Crippen LogP contribution in [0.5, 0.6) is 0 Å². The van der Waals surface area contributed by atoms with Crippen molar-refractivity contribution in [2.24, 2.45) is 5.92 Å². The summed E-state index contributed by atoms with van der Waals surface area (Å²) >= 11 is 13.7. The van der Waals surface area contributed by atoms with Crippen LogP contribution in [0.4, 0.5) is 0 Å². The zero-order valence-electron chi connectivity index (χ0n) is 12.5. The van der Waals surface area contributed by atoms with Crippen LogP contribution in [0, 0.1) is 5.92 Å². The van der Waals surface area contributed by atoms with E-state index in [0.717, 1.165) is 17.1 Å². The topological polar surface area (TPSA) is 38.3 Å². The molecule has 1 rings (SSSR count). The largest absolute Gasteiger partial charge is 0.468 e. The molecule has 0 heterocycles. The average molecular weight is 350 g/mol. The number of hydrogen-bond donors (Lipinski definition) is 1. The fourth-order valence-electron chi connectivity index (χ4n) is 1.86. The van der Waals surface area contributed by atoms with Crippen molar-refractivity contribution in [1.82, 2.24) is 5.32 Å². The summed E-state index contributed by atoms with van der Waals surface area (Å²) in [5, 5.41) is 4.59. The molecule has 1 aromatic rings. The van der Waals surface area contributed by atoms with Crippen LogP contribution in [0.15, 0.2) is 23.1 Å². The zero-order valence-corrected chi connectivity index (χ0v) is 14.8. The second-order valence-electron chi connectivity index (χ2n) is 5.08. The number of nitrogens with one attached hydrogen (secondary N) is 1. The quantitative estimate of drug-likeness (QED) is 0.432. The Morgan fingerprint density at radius 2 is 2.10 bits per heavy atom. The molecule has 0 radical (unpaired) electrons. The SMILES string of the molecule is COC(=O)C(CC(C)C)NCCSc1cc(Cl)ccc1Cl. The number of ether oxygens (including phenoxy) is 1. The minimum atomic E-state index is -0.259. The molecule has 6 heteroatoms. The first-order chi connectivity index (χ1) is 9.93. The van der Waals surface area contributed by atoms with Gasteiger partial charge in [0.1, 0.15) is 6.04 Å². The van der Waals surface area contributed by atoms with Crippen molar-refractivity contribution in [1.29, 1.82) is 0 Å². The third kappa shape index (κ3) is 6.92. The van der Waals surface area contributed by atoms with E-state index in [1.165, 1.54) is 7.11 Å². The summed E-state index contributed by atoms with van der Waals surface area (Å²) in [7, 11) is 1.41. The van der Waals surface area contributed by atoms with E-state index in [-0.39, 0.29) is 12.0 Å². The molecule has 1 N–H and O–H groups in total. The Morgan fingerprint density at radius 3 is 2.71 bits per heavy atom. The van der Waals surface area contributed by atoms with E-state index in [2.05, 4.69) is 19.2 Å². The highest BCUT2D eigenvalue weighted by Crippen LogP contribution is 2.29. The van der Waals surface area contributed by atoms with Crippen molar-refractivity contribution in [2.45, 2.75) is 31.2 Å². The average Bonchev–Trinajstić information content (AvgIpc) is 2.44. The molecule has 0 spiro atoms. The lowest BCUT2D eigenvalue weighted by molar-refractivity contribution is -0.143. The van der Waals surface area contributed by atoms with Gasteiger partial charge in [0.05, 0.1) is 12.1 Å². The van der Waals surface area contributed by atoms with Gasteiger partial charge >= 0.3 is 5.97 Å². The van der Waals surface area contributed by atoms with E-state index < -0.39 is 0 Å². The molecule has 0 aliphatic heterocycles. The maximum atomic E-state index is 11.7. The van der Waals surface area contributed by atoms with Gasteiger partial charge in [0, 0.05) is 22.2 Å². The fraction of sp³-hybridized carbons (Fsp3) is 0.533. The number of benzene rings is 1. The molecule has 1 atom stereocenters. The van der Waals surface area contributed by atoms with Gasteiger partial charge in [-0.15, -0.1) is 11.8 Å². The molecule has 1 aromatic carbocycles. The molecule has 0 amide bonds. The summed E-state index contributed by atoms with van der Waals surface area (Å²) in [6.07, 6.45) is 0.759. The normalized spacial score (nSPS) is 12.5. The van der Waals surface area contributed by atoms with Gasteiger partial charge < -0.3 is 10.1 Å². The van der Waals surface area contributed by atoms with Crippen LogP contribution in [-0.2, 0) is 9.53 Å². The molecule has 0 saturated carbocycles. The van der Waals surface area contributed by atoms with Gasteiger partial charge in [-0.25, -0.2) is 0 Å². The molecule has 0 aliphatic carbocycles. The summed E-state index contributed by atoms with van der Waals surface area (Å²) in [5.41, 5.74) is 0. The number of carbonyl (C=O) groups is 1. The maximum Gasteiger partial charge on any atom is 0.322 e. The number of esters is 1. The fourth-order valence-corrected chi connectivity index (χ4v) is 3.23. The van der Waals surface area contributed by atoms with Crippen molar-refractivity contribution in [3.8, 4) is 0 Å². The molecule has 3 nitrogen and oxygen atoms in total. The van der Waals surface area contributed by atoms with E-state index in [9.17, 15) is 4.79 Å². The number of carbonyl (C=O) groups excluding carboxylic acids is 1. The Balaban J connectivity index is 2.43. The Morgan fingerprint density at radius 1 is 1.38 bits per heavy atom. The third-order valence-electron chi connectivity index (χ3n) is 2.84. The second-order valence-corrected chi connectivity index (χ2v) is 7.06. The molecule has 0 bridgehead atoms. The molecule has 21 heavy (non-hydrogen) atoms. The standard InChI is InChI=1S/C15H21Cl2NO2S/c1-10(2)8-13(15(19)20-3)18-6-7-21-14-9-11(16)4-5-12(14)17/h4-5,9-10,13,18H,6-8H2,1-3H3. The first-order valence-electron chi connectivity index (χ1n) is 6.83. The smallest absolute Gasteiger partial charge is 0.322 e. The van der Waals surface area contributed by atoms with Gasteiger partial charge in [-0.05, 0) is 30.5 Å². The molecule has 0 saturated heterocycles. The summed E-state index contributed by atoms with van der Waals surface area (Å²) < 4.78 is 4.82. The van der Waals surface area contributed by atoms with Gasteiger partial charge in [0.15, 0.2) is 0 Å². The van der Waals surface area contributed by atoms with Crippen molar-refractivity contribution < 1.29 is 9.53 Å². The van der Waals surface area contributed by atoms with Crippen molar-refractivity contribution in [3.63, 3.8) is 0 Å². The summed E-state index contributed by atoms with van der Waals surface area (Å²) in [5.74, 6) is 1.01. The molecule has 118 valence electrons. The summed E-state index contributed by atoms with van der Waals surface area (Å²) in [4.78, 5) is 12.6. The van der Waals surface area contributed by atoms with Gasteiger partial charge in [-0.2, -0.15) is 0 Å². The van der Waals surface area contributed by atoms with Crippen molar-refractivity contribution in [2.75, 3.05) is 19.4 Å². The van der Waals surface area contributed by atoms with Crippen LogP contribution in [0.2, 0.25) is 10.0 Å². The first-order valence-corrected chi connectivity index (χ1v) is 8.57. The number of methoxy groups -OCH3 is 1. The van der Waals surface area contributed by atoms with Crippen LogP contribution in [0.3, 0.4) is 0 Å². The predicted molar refractivity (Wildman–Crippen MR) is 90.4 cm³/mol. The van der Waals surface area contributed by atoms with Gasteiger partial charge in [0.25, 0.3) is 0 Å². The molecule has 0 fully saturated rings. The lowest BCUT2D eigenvalue weighted by Crippen LogP contribution is -2.39. The molecular weight excluding hydrogens is 329 g/mol. The zero-order chi connectivity index (χ0) is 15.8. The monoisotopic (exact) mass is 349 g/mol. The number of halogens is 2. The molecule has 0 aromatic heterocycles. The highest BCUT2D eigenvalue weighted by atomic mass is 35.5. The molecule has 1 unspecified atom stereocenters. The first kappa shape index (κ1) is 18.6. The Bertz CT molecular complexity index is 469. The predicted octanol–water partition coefficient (Wildman–Crippen LogP) is 4.26. The minimum Gasteiger partial charge on any atom is -0.468 e. The van der Waals surface area contributed by atoms with Gasteiger partial charge in [0.2, 0.25) is 0 Å². The number of thioether (sulfide) groups is 1. The lowest BCUT2D eigenvalue weighted by atomic mass is 10.0.